The van der Waals surface area contributed by atoms with E-state index >= 15 is 0 Å². The molecular formula is C6H12NO2. The second-order valence-corrected chi connectivity index (χ2v) is 2.07. The number of aliphatic hydroxyl groups is 1. The average Bonchev–Trinajstić information content (AvgIpc) is 1.63. The van der Waals surface area contributed by atoms with Gasteiger partial charge in [0.1, 0.15) is 0 Å². The van der Waals surface area contributed by atoms with Gasteiger partial charge in [-0.2, -0.15) is 0 Å². The van der Waals surface area contributed by atoms with Crippen LogP contribution in [0.1, 0.15) is 13.3 Å². The van der Waals surface area contributed by atoms with E-state index in [1.165, 1.54) is 0 Å². The second-order valence-electron chi connectivity index (χ2n) is 2.07. The zero-order chi connectivity index (χ0) is 7.28. The first-order valence-corrected chi connectivity index (χ1v) is 2.89. The van der Waals surface area contributed by atoms with E-state index in [1.807, 2.05) is 6.92 Å². The molecule has 0 bridgehead atoms. The number of hydrogen-bond acceptors (Lipinski definition) is 2. The Kier molecular flexibility index (Phi) is 4.05. The molecule has 3 heteroatoms. The first-order valence-electron chi connectivity index (χ1n) is 2.89. The van der Waals surface area contributed by atoms with Crippen LogP contribution in [0.15, 0.2) is 0 Å². The molecule has 1 radical (unpaired) electrons. The maximum Gasteiger partial charge on any atom is 0.217 e. The van der Waals surface area contributed by atoms with E-state index in [2.05, 4.69) is 0 Å². The van der Waals surface area contributed by atoms with Gasteiger partial charge in [-0.25, -0.2) is 0 Å². The molecule has 0 unspecified atom stereocenters. The second kappa shape index (κ2) is 4.32. The van der Waals surface area contributed by atoms with Gasteiger partial charge in [-0.15, -0.1) is 0 Å². The van der Waals surface area contributed by atoms with Crippen molar-refractivity contribution in [3.63, 3.8) is 0 Å². The van der Waals surface area contributed by atoms with Gasteiger partial charge >= 0.3 is 0 Å². The number of amides is 1. The van der Waals surface area contributed by atoms with Gasteiger partial charge in [-0.3, -0.25) is 4.79 Å². The quantitative estimate of drug-likeness (QED) is 0.548. The fraction of sp³-hybridized carbons (Fsp3) is 0.667. The first kappa shape index (κ1) is 8.43. The van der Waals surface area contributed by atoms with Gasteiger partial charge in [0.2, 0.25) is 5.91 Å². The largest absolute Gasteiger partial charge is 0.396 e. The normalized spacial score (nSPS) is 13.1. The summed E-state index contributed by atoms with van der Waals surface area (Å²) in [6.07, 6.45) is 1.96. The Hall–Kier alpha value is -0.570. The molecule has 53 valence electrons. The van der Waals surface area contributed by atoms with Crippen LogP contribution in [-0.4, -0.2) is 17.6 Å². The van der Waals surface area contributed by atoms with Gasteiger partial charge in [0.25, 0.3) is 0 Å². The molecule has 3 N–H and O–H groups in total. The molecule has 0 heterocycles. The van der Waals surface area contributed by atoms with Crippen LogP contribution in [0.4, 0.5) is 0 Å². The standard InChI is InChI=1S/C6H12NO2/c1-5(2-3-8)4-6(7)9/h2,5,8H,3-4H2,1H3,(H2,7,9)/t5-/m1/s1. The van der Waals surface area contributed by atoms with Gasteiger partial charge in [-0.1, -0.05) is 6.92 Å². The van der Waals surface area contributed by atoms with Crippen LogP contribution in [0.5, 0.6) is 0 Å². The Morgan fingerprint density at radius 1 is 1.89 bits per heavy atom. The summed E-state index contributed by atoms with van der Waals surface area (Å²) in [6, 6.07) is 0. The van der Waals surface area contributed by atoms with E-state index in [-0.39, 0.29) is 18.4 Å². The Morgan fingerprint density at radius 2 is 2.44 bits per heavy atom. The smallest absolute Gasteiger partial charge is 0.217 e. The summed E-state index contributed by atoms with van der Waals surface area (Å²) in [4.78, 5) is 10.2. The molecular weight excluding hydrogens is 118 g/mol. The minimum absolute atomic E-state index is 0.00838. The van der Waals surface area contributed by atoms with Gasteiger partial charge in [0.15, 0.2) is 0 Å². The highest BCUT2D eigenvalue weighted by Gasteiger charge is 2.03. The van der Waals surface area contributed by atoms with Crippen molar-refractivity contribution in [2.75, 3.05) is 6.61 Å². The predicted molar refractivity (Wildman–Crippen MR) is 34.4 cm³/mol. The maximum absolute atomic E-state index is 10.2. The van der Waals surface area contributed by atoms with Crippen LogP contribution < -0.4 is 5.73 Å². The number of rotatable bonds is 4. The third-order valence-electron chi connectivity index (χ3n) is 1.03. The van der Waals surface area contributed by atoms with E-state index in [0.29, 0.717) is 6.42 Å². The predicted octanol–water partition coefficient (Wildman–Crippen LogP) is -0.306. The molecule has 0 aliphatic heterocycles. The Labute approximate surface area is 54.9 Å². The lowest BCUT2D eigenvalue weighted by Gasteiger charge is -2.03. The monoisotopic (exact) mass is 130 g/mol. The van der Waals surface area contributed by atoms with Crippen molar-refractivity contribution in [2.45, 2.75) is 13.3 Å². The molecule has 0 spiro atoms. The molecule has 0 aromatic heterocycles. The van der Waals surface area contributed by atoms with Crippen LogP contribution in [0.2, 0.25) is 0 Å². The van der Waals surface area contributed by atoms with Crippen LogP contribution >= 0.6 is 0 Å². The fourth-order valence-electron chi connectivity index (χ4n) is 0.581. The zero-order valence-electron chi connectivity index (χ0n) is 5.50. The van der Waals surface area contributed by atoms with Crippen molar-refractivity contribution in [2.24, 2.45) is 11.7 Å². The maximum atomic E-state index is 10.2. The zero-order valence-corrected chi connectivity index (χ0v) is 5.50. The summed E-state index contributed by atoms with van der Waals surface area (Å²) in [7, 11) is 0. The van der Waals surface area contributed by atoms with Crippen LogP contribution in [0, 0.1) is 12.3 Å². The number of nitrogens with two attached hydrogens (primary N) is 1. The highest BCUT2D eigenvalue weighted by molar-refractivity contribution is 5.74. The Morgan fingerprint density at radius 3 is 2.78 bits per heavy atom. The molecule has 0 fully saturated rings. The summed E-state index contributed by atoms with van der Waals surface area (Å²) in [5, 5.41) is 8.34. The van der Waals surface area contributed by atoms with Crippen molar-refractivity contribution in [3.8, 4) is 0 Å². The highest BCUT2D eigenvalue weighted by Crippen LogP contribution is 2.03. The van der Waals surface area contributed by atoms with Crippen molar-refractivity contribution in [1.29, 1.82) is 0 Å². The van der Waals surface area contributed by atoms with E-state index in [4.69, 9.17) is 10.8 Å². The molecule has 9 heavy (non-hydrogen) atoms. The average molecular weight is 130 g/mol. The third-order valence-corrected chi connectivity index (χ3v) is 1.03. The van der Waals surface area contributed by atoms with Crippen molar-refractivity contribution < 1.29 is 9.90 Å². The number of aliphatic hydroxyl groups excluding tert-OH is 1. The van der Waals surface area contributed by atoms with Crippen molar-refractivity contribution in [3.05, 3.63) is 6.42 Å². The molecule has 0 rings (SSSR count). The summed E-state index contributed by atoms with van der Waals surface area (Å²) in [5.74, 6) is -0.236. The number of carbonyl (C=O) groups excluding carboxylic acids is 1. The Balaban J connectivity index is 3.26. The summed E-state index contributed by atoms with van der Waals surface area (Å²) < 4.78 is 0. The summed E-state index contributed by atoms with van der Waals surface area (Å²) in [5.41, 5.74) is 4.88. The van der Waals surface area contributed by atoms with E-state index in [0.717, 1.165) is 0 Å². The summed E-state index contributed by atoms with van der Waals surface area (Å²) in [6.45, 7) is 1.84. The number of carbonyl (C=O) groups is 1. The number of hydrogen-bond donors (Lipinski definition) is 2. The molecule has 0 aliphatic carbocycles. The first-order chi connectivity index (χ1) is 4.16. The lowest BCUT2D eigenvalue weighted by molar-refractivity contribution is -0.118. The van der Waals surface area contributed by atoms with Crippen LogP contribution in [0.25, 0.3) is 0 Å². The SMILES string of the molecule is C[C@H]([CH]CO)CC(N)=O. The molecule has 1 atom stereocenters. The minimum atomic E-state index is -0.327. The van der Waals surface area contributed by atoms with E-state index in [1.54, 1.807) is 6.42 Å². The summed E-state index contributed by atoms with van der Waals surface area (Å²) >= 11 is 0. The van der Waals surface area contributed by atoms with Crippen molar-refractivity contribution in [1.82, 2.24) is 0 Å². The molecule has 0 saturated carbocycles. The molecule has 0 saturated heterocycles. The van der Waals surface area contributed by atoms with E-state index < -0.39 is 0 Å². The third kappa shape index (κ3) is 5.30. The van der Waals surface area contributed by atoms with E-state index in [9.17, 15) is 4.79 Å². The minimum Gasteiger partial charge on any atom is -0.396 e. The lowest BCUT2D eigenvalue weighted by atomic mass is 10.0. The Bertz CT molecular complexity index is 93.1. The fourth-order valence-corrected chi connectivity index (χ4v) is 0.581. The van der Waals surface area contributed by atoms with Gasteiger partial charge in [0.05, 0.1) is 0 Å². The lowest BCUT2D eigenvalue weighted by Crippen LogP contribution is -2.15. The van der Waals surface area contributed by atoms with Crippen LogP contribution in [0.3, 0.4) is 0 Å². The topological polar surface area (TPSA) is 63.3 Å². The molecule has 1 amide bonds. The van der Waals surface area contributed by atoms with Crippen molar-refractivity contribution >= 4 is 5.91 Å². The molecule has 3 nitrogen and oxygen atoms in total. The van der Waals surface area contributed by atoms with Gasteiger partial charge in [0, 0.05) is 13.0 Å². The van der Waals surface area contributed by atoms with Gasteiger partial charge < -0.3 is 10.8 Å². The molecule has 0 aliphatic rings. The van der Waals surface area contributed by atoms with Crippen LogP contribution in [-0.2, 0) is 4.79 Å². The molecule has 0 aromatic rings. The molecule has 0 aromatic carbocycles. The number of primary amides is 1. The highest BCUT2D eigenvalue weighted by atomic mass is 16.3. The van der Waals surface area contributed by atoms with Gasteiger partial charge in [-0.05, 0) is 12.3 Å².